The van der Waals surface area contributed by atoms with E-state index in [4.69, 9.17) is 0 Å². The van der Waals surface area contributed by atoms with E-state index in [0.29, 0.717) is 0 Å². The largest absolute Gasteiger partial charge is 0.354 e. The molecule has 0 aliphatic heterocycles. The first kappa shape index (κ1) is 12.6. The maximum absolute atomic E-state index is 13.6. The van der Waals surface area contributed by atoms with Gasteiger partial charge in [-0.25, -0.2) is 0 Å². The van der Waals surface area contributed by atoms with E-state index >= 15 is 0 Å². The number of halogens is 2. The fourth-order valence-electron chi connectivity index (χ4n) is 1.38. The summed E-state index contributed by atoms with van der Waals surface area (Å²) < 4.78 is 27.2. The molecule has 88 valence electrons. The van der Waals surface area contributed by atoms with Gasteiger partial charge in [-0.3, -0.25) is 4.79 Å². The summed E-state index contributed by atoms with van der Waals surface area (Å²) in [6, 6.07) is 5.96. The minimum Gasteiger partial charge on any atom is -0.354 e. The Morgan fingerprint density at radius 1 is 1.38 bits per heavy atom. The predicted molar refractivity (Wildman–Crippen MR) is 58.5 cm³/mol. The number of nitrogens with one attached hydrogen (secondary N) is 1. The van der Waals surface area contributed by atoms with Crippen LogP contribution in [0.3, 0.4) is 0 Å². The quantitative estimate of drug-likeness (QED) is 0.845. The summed E-state index contributed by atoms with van der Waals surface area (Å²) in [4.78, 5) is 11.1. The maximum atomic E-state index is 13.6. The lowest BCUT2D eigenvalue weighted by molar-refractivity contribution is -0.146. The highest BCUT2D eigenvalue weighted by molar-refractivity contribution is 5.84. The number of alkyl halides is 2. The lowest BCUT2D eigenvalue weighted by Gasteiger charge is -2.16. The van der Waals surface area contributed by atoms with Crippen molar-refractivity contribution in [1.29, 1.82) is 0 Å². The molecule has 0 aromatic heterocycles. The van der Waals surface area contributed by atoms with Crippen molar-refractivity contribution in [2.24, 2.45) is 0 Å². The van der Waals surface area contributed by atoms with Crippen molar-refractivity contribution in [3.05, 3.63) is 35.4 Å². The molecule has 0 aliphatic rings. The third kappa shape index (κ3) is 2.38. The van der Waals surface area contributed by atoms with Crippen molar-refractivity contribution in [1.82, 2.24) is 5.32 Å². The van der Waals surface area contributed by atoms with Gasteiger partial charge in [0.05, 0.1) is 0 Å². The molecule has 16 heavy (non-hydrogen) atoms. The van der Waals surface area contributed by atoms with E-state index in [0.717, 1.165) is 5.56 Å². The Balaban J connectivity index is 3.13. The van der Waals surface area contributed by atoms with E-state index in [1.807, 2.05) is 19.2 Å². The average Bonchev–Trinajstić information content (AvgIpc) is 2.28. The zero-order chi connectivity index (χ0) is 12.3. The second kappa shape index (κ2) is 4.60. The summed E-state index contributed by atoms with van der Waals surface area (Å²) in [7, 11) is 1.20. The molecule has 0 fully saturated rings. The van der Waals surface area contributed by atoms with Gasteiger partial charge < -0.3 is 5.32 Å². The highest BCUT2D eigenvalue weighted by Gasteiger charge is 2.40. The first-order valence-electron chi connectivity index (χ1n) is 5.10. The van der Waals surface area contributed by atoms with Crippen LogP contribution in [0.4, 0.5) is 8.78 Å². The molecule has 1 amide bonds. The number of carbonyl (C=O) groups is 1. The molecule has 1 N–H and O–H groups in total. The van der Waals surface area contributed by atoms with Gasteiger partial charge in [0.2, 0.25) is 0 Å². The van der Waals surface area contributed by atoms with Crippen LogP contribution >= 0.6 is 0 Å². The van der Waals surface area contributed by atoms with Crippen LogP contribution in [-0.2, 0) is 10.7 Å². The van der Waals surface area contributed by atoms with Crippen molar-refractivity contribution in [3.63, 3.8) is 0 Å². The van der Waals surface area contributed by atoms with Gasteiger partial charge >= 0.3 is 5.92 Å². The zero-order valence-corrected chi connectivity index (χ0v) is 9.55. The first-order valence-corrected chi connectivity index (χ1v) is 5.10. The van der Waals surface area contributed by atoms with Gasteiger partial charge in [-0.2, -0.15) is 8.78 Å². The summed E-state index contributed by atoms with van der Waals surface area (Å²) in [5.74, 6) is -4.60. The van der Waals surface area contributed by atoms with Crippen LogP contribution in [0.25, 0.3) is 0 Å². The molecule has 2 nitrogen and oxygen atoms in total. The highest BCUT2D eigenvalue weighted by Crippen LogP contribution is 2.30. The fourth-order valence-corrected chi connectivity index (χ4v) is 1.38. The Morgan fingerprint density at radius 2 is 2.00 bits per heavy atom. The van der Waals surface area contributed by atoms with Crippen LogP contribution < -0.4 is 5.32 Å². The van der Waals surface area contributed by atoms with Crippen molar-refractivity contribution in [3.8, 4) is 0 Å². The number of rotatable bonds is 3. The lowest BCUT2D eigenvalue weighted by Crippen LogP contribution is -2.35. The molecular formula is C12H15F2NO. The molecule has 1 aromatic rings. The van der Waals surface area contributed by atoms with Gasteiger partial charge in [-0.15, -0.1) is 0 Å². The third-order valence-electron chi connectivity index (χ3n) is 2.43. The number of carbonyl (C=O) groups excluding carboxylic acids is 1. The Bertz CT molecular complexity index is 388. The van der Waals surface area contributed by atoms with Crippen LogP contribution in [0.15, 0.2) is 24.3 Å². The Kier molecular flexibility index (Phi) is 3.62. The number of hydrogen-bond donors (Lipinski definition) is 1. The summed E-state index contributed by atoms with van der Waals surface area (Å²) in [5, 5.41) is 1.96. The molecular weight excluding hydrogens is 212 g/mol. The topological polar surface area (TPSA) is 29.1 Å². The molecule has 0 bridgehead atoms. The SMILES string of the molecule is CNC(=O)C(F)(F)c1cccc(C(C)C)c1. The second-order valence-corrected chi connectivity index (χ2v) is 3.93. The third-order valence-corrected chi connectivity index (χ3v) is 2.43. The average molecular weight is 227 g/mol. The summed E-state index contributed by atoms with van der Waals surface area (Å²) >= 11 is 0. The molecule has 0 spiro atoms. The van der Waals surface area contributed by atoms with Gasteiger partial charge in [-0.1, -0.05) is 32.0 Å². The zero-order valence-electron chi connectivity index (χ0n) is 9.55. The van der Waals surface area contributed by atoms with E-state index in [2.05, 4.69) is 0 Å². The molecule has 0 saturated heterocycles. The second-order valence-electron chi connectivity index (χ2n) is 3.93. The summed E-state index contributed by atoms with van der Waals surface area (Å²) in [5.41, 5.74) is 0.527. The molecule has 0 atom stereocenters. The number of amides is 1. The molecule has 4 heteroatoms. The smallest absolute Gasteiger partial charge is 0.349 e. The number of likely N-dealkylation sites (N-methyl/N-ethyl adjacent to an activating group) is 1. The van der Waals surface area contributed by atoms with Crippen LogP contribution in [0.1, 0.15) is 30.9 Å². The molecule has 0 aliphatic carbocycles. The van der Waals surface area contributed by atoms with Gasteiger partial charge in [0.15, 0.2) is 0 Å². The molecule has 1 aromatic carbocycles. The van der Waals surface area contributed by atoms with Gasteiger partial charge in [0.1, 0.15) is 0 Å². The van der Waals surface area contributed by atoms with E-state index in [-0.39, 0.29) is 11.5 Å². The number of hydrogen-bond acceptors (Lipinski definition) is 1. The monoisotopic (exact) mass is 227 g/mol. The van der Waals surface area contributed by atoms with Gasteiger partial charge in [0, 0.05) is 12.6 Å². The van der Waals surface area contributed by atoms with Crippen LogP contribution in [0.5, 0.6) is 0 Å². The van der Waals surface area contributed by atoms with Crippen LogP contribution in [0.2, 0.25) is 0 Å². The summed E-state index contributed by atoms with van der Waals surface area (Å²) in [6.45, 7) is 3.83. The minimum atomic E-state index is -3.47. The molecule has 0 radical (unpaired) electrons. The van der Waals surface area contributed by atoms with Crippen molar-refractivity contribution < 1.29 is 13.6 Å². The molecule has 0 saturated carbocycles. The predicted octanol–water partition coefficient (Wildman–Crippen LogP) is 2.65. The fraction of sp³-hybridized carbons (Fsp3) is 0.417. The molecule has 1 rings (SSSR count). The van der Waals surface area contributed by atoms with E-state index in [1.54, 1.807) is 12.1 Å². The minimum absolute atomic E-state index is 0.153. The highest BCUT2D eigenvalue weighted by atomic mass is 19.3. The normalized spacial score (nSPS) is 11.6. The van der Waals surface area contributed by atoms with E-state index in [9.17, 15) is 13.6 Å². The van der Waals surface area contributed by atoms with Crippen LogP contribution in [-0.4, -0.2) is 13.0 Å². The Hall–Kier alpha value is -1.45. The summed E-state index contributed by atoms with van der Waals surface area (Å²) in [6.07, 6.45) is 0. The van der Waals surface area contributed by atoms with E-state index < -0.39 is 11.8 Å². The van der Waals surface area contributed by atoms with Crippen LogP contribution in [0, 0.1) is 0 Å². The number of benzene rings is 1. The van der Waals surface area contributed by atoms with Crippen molar-refractivity contribution >= 4 is 5.91 Å². The Morgan fingerprint density at radius 3 is 2.50 bits per heavy atom. The standard InChI is InChI=1S/C12H15F2NO/c1-8(2)9-5-4-6-10(7-9)12(13,14)11(16)15-3/h4-8H,1-3H3,(H,15,16). The molecule has 0 heterocycles. The van der Waals surface area contributed by atoms with E-state index in [1.165, 1.54) is 19.2 Å². The first-order chi connectivity index (χ1) is 7.39. The lowest BCUT2D eigenvalue weighted by atomic mass is 9.98. The van der Waals surface area contributed by atoms with Crippen molar-refractivity contribution in [2.75, 3.05) is 7.05 Å². The maximum Gasteiger partial charge on any atom is 0.349 e. The Labute approximate surface area is 93.7 Å². The van der Waals surface area contributed by atoms with Gasteiger partial charge in [-0.05, 0) is 17.5 Å². The molecule has 0 unspecified atom stereocenters. The van der Waals surface area contributed by atoms with Gasteiger partial charge in [0.25, 0.3) is 5.91 Å². The van der Waals surface area contributed by atoms with Crippen molar-refractivity contribution in [2.45, 2.75) is 25.7 Å².